The van der Waals surface area contributed by atoms with Crippen molar-refractivity contribution in [1.29, 1.82) is 0 Å². The van der Waals surface area contributed by atoms with E-state index in [1.165, 1.54) is 12.3 Å². The van der Waals surface area contributed by atoms with Gasteiger partial charge in [0.2, 0.25) is 0 Å². The van der Waals surface area contributed by atoms with E-state index >= 15 is 0 Å². The summed E-state index contributed by atoms with van der Waals surface area (Å²) in [7, 11) is 1.56. The average Bonchev–Trinajstić information content (AvgIpc) is 2.89. The molecule has 1 aromatic heterocycles. The van der Waals surface area contributed by atoms with E-state index in [2.05, 4.69) is 21.7 Å². The minimum Gasteiger partial charge on any atom is -0.497 e. The normalized spacial score (nSPS) is 16.1. The molecule has 0 amide bonds. The third kappa shape index (κ3) is 6.04. The predicted octanol–water partition coefficient (Wildman–Crippen LogP) is 5.38. The lowest BCUT2D eigenvalue weighted by Crippen LogP contribution is -2.44. The number of nitrogens with zero attached hydrogens (tertiary/aromatic N) is 2. The van der Waals surface area contributed by atoms with Gasteiger partial charge >= 0.3 is 5.97 Å². The van der Waals surface area contributed by atoms with E-state index in [9.17, 15) is 19.4 Å². The van der Waals surface area contributed by atoms with Crippen molar-refractivity contribution in [2.45, 2.75) is 38.7 Å². The van der Waals surface area contributed by atoms with Crippen LogP contribution in [0, 0.1) is 30.0 Å². The third-order valence-electron chi connectivity index (χ3n) is 7.27. The van der Waals surface area contributed by atoms with Crippen molar-refractivity contribution in [3.05, 3.63) is 70.1 Å². The van der Waals surface area contributed by atoms with Crippen LogP contribution in [0.2, 0.25) is 5.02 Å². The zero-order valence-electron chi connectivity index (χ0n) is 20.9. The van der Waals surface area contributed by atoms with E-state index in [0.717, 1.165) is 0 Å². The van der Waals surface area contributed by atoms with Crippen molar-refractivity contribution in [3.8, 4) is 17.6 Å². The van der Waals surface area contributed by atoms with Gasteiger partial charge in [-0.2, -0.15) is 0 Å². The van der Waals surface area contributed by atoms with E-state index in [1.807, 2.05) is 0 Å². The number of ether oxygens (including phenoxy) is 1. The molecule has 1 aliphatic rings. The molecule has 0 saturated carbocycles. The smallest absolute Gasteiger partial charge is 0.309 e. The summed E-state index contributed by atoms with van der Waals surface area (Å²) >= 11 is 6.42. The van der Waals surface area contributed by atoms with Crippen LogP contribution in [0.25, 0.3) is 10.9 Å². The molecule has 37 heavy (non-hydrogen) atoms. The largest absolute Gasteiger partial charge is 0.497 e. The number of hydrogen-bond donors (Lipinski definition) is 2. The maximum atomic E-state index is 13.7. The Morgan fingerprint density at radius 2 is 2.03 bits per heavy atom. The van der Waals surface area contributed by atoms with Gasteiger partial charge in [-0.15, -0.1) is 0 Å². The number of carboxylic acid groups (broad SMARTS) is 1. The number of fused-ring (bicyclic) bond motifs is 1. The first-order chi connectivity index (χ1) is 17.7. The first-order valence-corrected chi connectivity index (χ1v) is 12.6. The van der Waals surface area contributed by atoms with E-state index in [-0.39, 0.29) is 12.2 Å². The second-order valence-corrected chi connectivity index (χ2v) is 9.99. The zero-order valence-corrected chi connectivity index (χ0v) is 21.7. The maximum Gasteiger partial charge on any atom is 0.309 e. The molecule has 1 atom stereocenters. The molecule has 0 bridgehead atoms. The highest BCUT2D eigenvalue weighted by Gasteiger charge is 2.41. The second-order valence-electron chi connectivity index (χ2n) is 9.58. The molecule has 0 radical (unpaired) electrons. The van der Waals surface area contributed by atoms with E-state index in [4.69, 9.17) is 16.3 Å². The van der Waals surface area contributed by atoms with Gasteiger partial charge in [-0.1, -0.05) is 29.5 Å². The summed E-state index contributed by atoms with van der Waals surface area (Å²) in [6.07, 6.45) is 2.03. The van der Waals surface area contributed by atoms with E-state index in [1.54, 1.807) is 44.4 Å². The number of rotatable bonds is 7. The summed E-state index contributed by atoms with van der Waals surface area (Å²) < 4.78 is 19.0. The Labute approximate surface area is 221 Å². The topological polar surface area (TPSA) is 82.9 Å². The number of aliphatic hydroxyl groups is 1. The first-order valence-electron chi connectivity index (χ1n) is 12.2. The van der Waals surface area contributed by atoms with Crippen LogP contribution >= 0.6 is 11.6 Å². The molecule has 1 fully saturated rings. The van der Waals surface area contributed by atoms with Crippen LogP contribution in [0.15, 0.2) is 42.6 Å². The number of piperidine rings is 1. The Hall–Kier alpha value is -3.18. The number of methoxy groups -OCH3 is 1. The van der Waals surface area contributed by atoms with E-state index in [0.29, 0.717) is 77.3 Å². The molecule has 4 rings (SSSR count). The van der Waals surface area contributed by atoms with Gasteiger partial charge in [0.1, 0.15) is 11.6 Å². The lowest BCUT2D eigenvalue weighted by Gasteiger charge is -2.38. The first kappa shape index (κ1) is 26.9. The van der Waals surface area contributed by atoms with Crippen molar-refractivity contribution in [3.63, 3.8) is 0 Å². The van der Waals surface area contributed by atoms with Crippen LogP contribution in [-0.4, -0.2) is 52.8 Å². The van der Waals surface area contributed by atoms with Gasteiger partial charge in [-0.05, 0) is 68.5 Å². The molecular weight excluding hydrogens is 495 g/mol. The molecule has 2 N–H and O–H groups in total. The molecule has 0 aliphatic carbocycles. The Morgan fingerprint density at radius 1 is 1.27 bits per heavy atom. The Kier molecular flexibility index (Phi) is 8.33. The Balaban J connectivity index is 1.41. The number of carbonyl (C=O) groups is 1. The number of carboxylic acids is 1. The molecular formula is C29H30ClFN2O4. The molecule has 2 heterocycles. The fraction of sp³-hybridized carbons (Fsp3) is 0.379. The number of pyridine rings is 1. The van der Waals surface area contributed by atoms with Gasteiger partial charge in [0.05, 0.1) is 35.7 Å². The number of hydrogen-bond acceptors (Lipinski definition) is 5. The zero-order chi connectivity index (χ0) is 26.6. The molecule has 3 aromatic rings. The Morgan fingerprint density at radius 3 is 2.70 bits per heavy atom. The van der Waals surface area contributed by atoms with Crippen molar-refractivity contribution in [1.82, 2.24) is 9.88 Å². The molecule has 2 aromatic carbocycles. The van der Waals surface area contributed by atoms with Gasteiger partial charge in [0.15, 0.2) is 0 Å². The van der Waals surface area contributed by atoms with Crippen LogP contribution in [0.4, 0.5) is 4.39 Å². The van der Waals surface area contributed by atoms with Crippen LogP contribution < -0.4 is 4.74 Å². The highest BCUT2D eigenvalue weighted by Crippen LogP contribution is 2.41. The van der Waals surface area contributed by atoms with Gasteiger partial charge in [-0.25, -0.2) is 4.39 Å². The molecule has 8 heteroatoms. The summed E-state index contributed by atoms with van der Waals surface area (Å²) in [4.78, 5) is 18.8. The van der Waals surface area contributed by atoms with Gasteiger partial charge < -0.3 is 14.9 Å². The van der Waals surface area contributed by atoms with Crippen molar-refractivity contribution >= 4 is 28.5 Å². The number of aromatic nitrogens is 1. The number of aliphatic carboxylic acids is 1. The lowest BCUT2D eigenvalue weighted by atomic mass is 9.74. The fourth-order valence-corrected chi connectivity index (χ4v) is 5.10. The molecule has 1 saturated heterocycles. The highest BCUT2D eigenvalue weighted by molar-refractivity contribution is 6.32. The minimum absolute atomic E-state index is 0.251. The molecule has 6 nitrogen and oxygen atoms in total. The molecule has 194 valence electrons. The van der Waals surface area contributed by atoms with Crippen LogP contribution in [0.1, 0.15) is 48.5 Å². The number of halogens is 2. The summed E-state index contributed by atoms with van der Waals surface area (Å²) in [5.74, 6) is 5.54. The van der Waals surface area contributed by atoms with Crippen molar-refractivity contribution in [2.24, 2.45) is 5.41 Å². The number of likely N-dealkylation sites (tertiary alicyclic amines) is 1. The van der Waals surface area contributed by atoms with Crippen molar-refractivity contribution in [2.75, 3.05) is 26.7 Å². The van der Waals surface area contributed by atoms with Gasteiger partial charge in [0.25, 0.3) is 0 Å². The summed E-state index contributed by atoms with van der Waals surface area (Å²) in [6, 6.07) is 10.3. The third-order valence-corrected chi connectivity index (χ3v) is 7.57. The predicted molar refractivity (Wildman–Crippen MR) is 141 cm³/mol. The van der Waals surface area contributed by atoms with Gasteiger partial charge in [0, 0.05) is 35.8 Å². The minimum atomic E-state index is -0.944. The summed E-state index contributed by atoms with van der Waals surface area (Å²) in [6.45, 7) is 3.35. The second kappa shape index (κ2) is 11.5. The SMILES string of the molecule is COc1ccc2ncc(Cl)c([C@@H](O)CCC3(C(=O)O)CCN(CC#Cc4ccc(C)c(F)c4)CC3)c2c1. The maximum absolute atomic E-state index is 13.7. The van der Waals surface area contributed by atoms with Crippen molar-refractivity contribution < 1.29 is 24.1 Å². The Bertz CT molecular complexity index is 1360. The summed E-state index contributed by atoms with van der Waals surface area (Å²) in [5, 5.41) is 22.2. The molecule has 0 unspecified atom stereocenters. The van der Waals surface area contributed by atoms with Crippen LogP contribution in [0.5, 0.6) is 5.75 Å². The molecule has 0 spiro atoms. The quantitative estimate of drug-likeness (QED) is 0.404. The number of benzene rings is 2. The standard InChI is InChI=1S/C29H30ClFN2O4/c1-19-5-6-20(16-24(19)31)4-3-13-33-14-11-29(12-15-33,28(35)36)10-9-26(34)27-22-17-21(37-2)7-8-25(22)32-18-23(27)30/h5-8,16-18,26,34H,9-15H2,1-2H3,(H,35,36)/t26-/m0/s1. The fourth-order valence-electron chi connectivity index (χ4n) is 4.82. The lowest BCUT2D eigenvalue weighted by molar-refractivity contribution is -0.153. The van der Waals surface area contributed by atoms with Crippen LogP contribution in [-0.2, 0) is 4.79 Å². The van der Waals surface area contributed by atoms with E-state index < -0.39 is 17.5 Å². The number of aliphatic hydroxyl groups excluding tert-OH is 1. The average molecular weight is 525 g/mol. The van der Waals surface area contributed by atoms with Gasteiger partial charge in [-0.3, -0.25) is 14.7 Å². The monoisotopic (exact) mass is 524 g/mol. The number of aryl methyl sites for hydroxylation is 1. The summed E-state index contributed by atoms with van der Waals surface area (Å²) in [5.41, 5.74) is 1.48. The molecule has 1 aliphatic heterocycles. The van der Waals surface area contributed by atoms with Crippen LogP contribution in [0.3, 0.4) is 0 Å². The highest BCUT2D eigenvalue weighted by atomic mass is 35.5.